The second kappa shape index (κ2) is 7.91. The van der Waals surface area contributed by atoms with E-state index in [2.05, 4.69) is 0 Å². The van der Waals surface area contributed by atoms with E-state index in [-0.39, 0.29) is 12.5 Å². The molecule has 2 amide bonds. The number of primary amides is 1. The summed E-state index contributed by atoms with van der Waals surface area (Å²) < 4.78 is 10.9. The van der Waals surface area contributed by atoms with E-state index in [1.807, 2.05) is 17.0 Å². The van der Waals surface area contributed by atoms with Crippen LogP contribution in [-0.2, 0) is 6.61 Å². The summed E-state index contributed by atoms with van der Waals surface area (Å²) in [6.07, 6.45) is 2.14. The average Bonchev–Trinajstić information content (AvgIpc) is 3.20. The lowest BCUT2D eigenvalue weighted by Gasteiger charge is -2.15. The van der Waals surface area contributed by atoms with Gasteiger partial charge in [-0.15, -0.1) is 0 Å². The fraction of sp³-hybridized carbons (Fsp3) is 0.300. The smallest absolute Gasteiger partial charge is 0.253 e. The van der Waals surface area contributed by atoms with Crippen molar-refractivity contribution in [2.24, 2.45) is 5.73 Å². The Hall–Kier alpha value is -3.02. The summed E-state index contributed by atoms with van der Waals surface area (Å²) in [4.78, 5) is 25.8. The van der Waals surface area contributed by atoms with Crippen molar-refractivity contribution in [1.29, 1.82) is 0 Å². The molecule has 1 saturated heterocycles. The molecule has 2 aromatic carbocycles. The molecule has 1 aliphatic heterocycles. The first kappa shape index (κ1) is 17.8. The molecule has 0 saturated carbocycles. The van der Waals surface area contributed by atoms with Crippen LogP contribution in [0.3, 0.4) is 0 Å². The number of likely N-dealkylation sites (tertiary alicyclic amines) is 1. The average molecular weight is 354 g/mol. The van der Waals surface area contributed by atoms with Gasteiger partial charge in [-0.25, -0.2) is 0 Å². The summed E-state index contributed by atoms with van der Waals surface area (Å²) in [5.41, 5.74) is 7.25. The molecule has 0 radical (unpaired) electrons. The van der Waals surface area contributed by atoms with E-state index < -0.39 is 5.91 Å². The number of amides is 2. The van der Waals surface area contributed by atoms with E-state index >= 15 is 0 Å². The molecule has 1 fully saturated rings. The Balaban J connectivity index is 1.68. The highest BCUT2D eigenvalue weighted by Crippen LogP contribution is 2.25. The Bertz CT molecular complexity index is 796. The Morgan fingerprint density at radius 2 is 1.77 bits per heavy atom. The zero-order chi connectivity index (χ0) is 18.5. The predicted molar refractivity (Wildman–Crippen MR) is 97.4 cm³/mol. The minimum absolute atomic E-state index is 0.0683. The zero-order valence-electron chi connectivity index (χ0n) is 14.7. The molecule has 136 valence electrons. The minimum atomic E-state index is -0.561. The maximum atomic E-state index is 12.4. The van der Waals surface area contributed by atoms with E-state index in [1.165, 1.54) is 0 Å². The molecule has 26 heavy (non-hydrogen) atoms. The summed E-state index contributed by atoms with van der Waals surface area (Å²) in [6.45, 7) is 1.91. The van der Waals surface area contributed by atoms with Crippen LogP contribution in [0.25, 0.3) is 0 Å². The van der Waals surface area contributed by atoms with E-state index in [4.69, 9.17) is 15.2 Å². The van der Waals surface area contributed by atoms with Crippen LogP contribution in [0.15, 0.2) is 42.5 Å². The van der Waals surface area contributed by atoms with Gasteiger partial charge in [0.2, 0.25) is 0 Å². The predicted octanol–water partition coefficient (Wildman–Crippen LogP) is 2.61. The van der Waals surface area contributed by atoms with Gasteiger partial charge in [0.05, 0.1) is 12.7 Å². The largest absolute Gasteiger partial charge is 0.497 e. The van der Waals surface area contributed by atoms with Crippen molar-refractivity contribution >= 4 is 11.8 Å². The van der Waals surface area contributed by atoms with Crippen LogP contribution in [0.1, 0.15) is 39.1 Å². The van der Waals surface area contributed by atoms with Crippen LogP contribution in [0.4, 0.5) is 0 Å². The highest BCUT2D eigenvalue weighted by atomic mass is 16.5. The van der Waals surface area contributed by atoms with Gasteiger partial charge in [-0.1, -0.05) is 12.1 Å². The standard InChI is InChI=1S/C20H22N2O4/c1-25-16-8-9-17(19(21)23)18(12-16)26-13-14-4-6-15(7-5-14)20(24)22-10-2-3-11-22/h4-9,12H,2-3,10-11,13H2,1H3,(H2,21,23). The normalized spacial score (nSPS) is 13.5. The topological polar surface area (TPSA) is 81.9 Å². The molecule has 0 unspecified atom stereocenters. The van der Waals surface area contributed by atoms with Crippen LogP contribution < -0.4 is 15.2 Å². The fourth-order valence-electron chi connectivity index (χ4n) is 2.96. The Kier molecular flexibility index (Phi) is 5.41. The summed E-state index contributed by atoms with van der Waals surface area (Å²) in [7, 11) is 1.54. The van der Waals surface area contributed by atoms with Crippen LogP contribution >= 0.6 is 0 Å². The molecule has 3 rings (SSSR count). The minimum Gasteiger partial charge on any atom is -0.497 e. The van der Waals surface area contributed by atoms with Crippen molar-refractivity contribution in [2.45, 2.75) is 19.4 Å². The SMILES string of the molecule is COc1ccc(C(N)=O)c(OCc2ccc(C(=O)N3CCCC3)cc2)c1. The maximum absolute atomic E-state index is 12.4. The molecule has 1 heterocycles. The van der Waals surface area contributed by atoms with Gasteiger partial charge in [0.15, 0.2) is 0 Å². The lowest BCUT2D eigenvalue weighted by molar-refractivity contribution is 0.0792. The second-order valence-electron chi connectivity index (χ2n) is 6.21. The zero-order valence-corrected chi connectivity index (χ0v) is 14.7. The number of ether oxygens (including phenoxy) is 2. The lowest BCUT2D eigenvalue weighted by Crippen LogP contribution is -2.27. The van der Waals surface area contributed by atoms with Gasteiger partial charge in [-0.3, -0.25) is 9.59 Å². The van der Waals surface area contributed by atoms with Crippen molar-refractivity contribution in [3.63, 3.8) is 0 Å². The summed E-state index contributed by atoms with van der Waals surface area (Å²) in [5, 5.41) is 0. The van der Waals surface area contributed by atoms with Crippen molar-refractivity contribution in [2.75, 3.05) is 20.2 Å². The van der Waals surface area contributed by atoms with Gasteiger partial charge in [-0.2, -0.15) is 0 Å². The Morgan fingerprint density at radius 1 is 1.08 bits per heavy atom. The molecular weight excluding hydrogens is 332 g/mol. The van der Waals surface area contributed by atoms with Gasteiger partial charge >= 0.3 is 0 Å². The molecule has 0 bridgehead atoms. The number of nitrogens with zero attached hydrogens (tertiary/aromatic N) is 1. The van der Waals surface area contributed by atoms with Crippen molar-refractivity contribution in [1.82, 2.24) is 4.90 Å². The first-order valence-corrected chi connectivity index (χ1v) is 8.57. The molecule has 1 aliphatic rings. The molecule has 2 N–H and O–H groups in total. The highest BCUT2D eigenvalue weighted by molar-refractivity contribution is 5.96. The number of benzene rings is 2. The molecule has 2 aromatic rings. The Labute approximate surface area is 152 Å². The molecule has 0 aromatic heterocycles. The summed E-state index contributed by atoms with van der Waals surface area (Å²) in [6, 6.07) is 12.2. The first-order chi connectivity index (χ1) is 12.6. The van der Waals surface area contributed by atoms with E-state index in [0.717, 1.165) is 31.5 Å². The summed E-state index contributed by atoms with van der Waals surface area (Å²) >= 11 is 0. The summed E-state index contributed by atoms with van der Waals surface area (Å²) in [5.74, 6) is 0.457. The van der Waals surface area contributed by atoms with Gasteiger partial charge < -0.3 is 20.1 Å². The molecule has 6 heteroatoms. The van der Waals surface area contributed by atoms with E-state index in [9.17, 15) is 9.59 Å². The third-order valence-electron chi connectivity index (χ3n) is 4.44. The van der Waals surface area contributed by atoms with Crippen molar-refractivity contribution < 1.29 is 19.1 Å². The van der Waals surface area contributed by atoms with Crippen LogP contribution in [-0.4, -0.2) is 36.9 Å². The van der Waals surface area contributed by atoms with E-state index in [0.29, 0.717) is 22.6 Å². The molecule has 6 nitrogen and oxygen atoms in total. The highest BCUT2D eigenvalue weighted by Gasteiger charge is 2.19. The number of methoxy groups -OCH3 is 1. The maximum Gasteiger partial charge on any atom is 0.253 e. The number of hydrogen-bond acceptors (Lipinski definition) is 4. The molecule has 0 spiro atoms. The lowest BCUT2D eigenvalue weighted by atomic mass is 10.1. The van der Waals surface area contributed by atoms with Crippen LogP contribution in [0, 0.1) is 0 Å². The van der Waals surface area contributed by atoms with Gasteiger partial charge in [-0.05, 0) is 42.7 Å². The third-order valence-corrected chi connectivity index (χ3v) is 4.44. The van der Waals surface area contributed by atoms with Crippen LogP contribution in [0.5, 0.6) is 11.5 Å². The van der Waals surface area contributed by atoms with E-state index in [1.54, 1.807) is 37.4 Å². The number of hydrogen-bond donors (Lipinski definition) is 1. The van der Waals surface area contributed by atoms with Crippen LogP contribution in [0.2, 0.25) is 0 Å². The monoisotopic (exact) mass is 354 g/mol. The van der Waals surface area contributed by atoms with Gasteiger partial charge in [0.1, 0.15) is 18.1 Å². The number of carbonyl (C=O) groups excluding carboxylic acids is 2. The molecule has 0 atom stereocenters. The first-order valence-electron chi connectivity index (χ1n) is 8.57. The third kappa shape index (κ3) is 3.96. The van der Waals surface area contributed by atoms with Crippen molar-refractivity contribution in [3.8, 4) is 11.5 Å². The number of nitrogens with two attached hydrogens (primary N) is 1. The second-order valence-corrected chi connectivity index (χ2v) is 6.21. The van der Waals surface area contributed by atoms with Crippen molar-refractivity contribution in [3.05, 3.63) is 59.2 Å². The number of carbonyl (C=O) groups is 2. The van der Waals surface area contributed by atoms with Gasteiger partial charge in [0.25, 0.3) is 11.8 Å². The van der Waals surface area contributed by atoms with Gasteiger partial charge in [0, 0.05) is 24.7 Å². The number of rotatable bonds is 6. The molecule has 0 aliphatic carbocycles. The fourth-order valence-corrected chi connectivity index (χ4v) is 2.96. The molecular formula is C20H22N2O4. The Morgan fingerprint density at radius 3 is 2.38 bits per heavy atom. The quantitative estimate of drug-likeness (QED) is 0.864.